The standard InChI is InChI=1S/C21H16F2N6O2/c1-30-20-18-16(25-11-26-20)3-4-28(18)15-8-17-19(24-9-15)27-21(31-2)29(17)10-12-5-13(22)7-14(23)6-12/h3-9,11H,10H2,1-2H3. The quantitative estimate of drug-likeness (QED) is 0.431. The minimum absolute atomic E-state index is 0.151. The highest BCUT2D eigenvalue weighted by atomic mass is 19.1. The molecule has 0 saturated heterocycles. The summed E-state index contributed by atoms with van der Waals surface area (Å²) in [6.45, 7) is 0.151. The fourth-order valence-corrected chi connectivity index (χ4v) is 3.61. The third-order valence-electron chi connectivity index (χ3n) is 4.91. The van der Waals surface area contributed by atoms with Crippen LogP contribution in [0.5, 0.6) is 11.9 Å². The van der Waals surface area contributed by atoms with Crippen LogP contribution < -0.4 is 9.47 Å². The van der Waals surface area contributed by atoms with Crippen LogP contribution in [0.25, 0.3) is 27.9 Å². The second-order valence-corrected chi connectivity index (χ2v) is 6.80. The second-order valence-electron chi connectivity index (χ2n) is 6.80. The van der Waals surface area contributed by atoms with E-state index in [1.54, 1.807) is 17.9 Å². The molecule has 0 unspecified atom stereocenters. The van der Waals surface area contributed by atoms with E-state index in [0.717, 1.165) is 6.07 Å². The Bertz CT molecular complexity index is 1410. The van der Waals surface area contributed by atoms with Gasteiger partial charge in [0.2, 0.25) is 5.88 Å². The number of rotatable bonds is 5. The molecule has 0 N–H and O–H groups in total. The Morgan fingerprint density at radius 3 is 2.52 bits per heavy atom. The number of nitrogens with zero attached hydrogens (tertiary/aromatic N) is 6. The zero-order chi connectivity index (χ0) is 21.5. The molecule has 0 radical (unpaired) electrons. The van der Waals surface area contributed by atoms with Crippen molar-refractivity contribution >= 4 is 22.2 Å². The number of benzene rings is 1. The van der Waals surface area contributed by atoms with Crippen molar-refractivity contribution in [2.75, 3.05) is 14.2 Å². The number of hydrogen-bond acceptors (Lipinski definition) is 6. The first-order valence-electron chi connectivity index (χ1n) is 9.29. The summed E-state index contributed by atoms with van der Waals surface area (Å²) in [6.07, 6.45) is 4.93. The van der Waals surface area contributed by atoms with Crippen LogP contribution in [-0.4, -0.2) is 43.3 Å². The van der Waals surface area contributed by atoms with E-state index in [4.69, 9.17) is 9.47 Å². The topological polar surface area (TPSA) is 79.9 Å². The lowest BCUT2D eigenvalue weighted by Gasteiger charge is -2.10. The average molecular weight is 422 g/mol. The molecule has 0 aliphatic carbocycles. The molecular weight excluding hydrogens is 406 g/mol. The number of halogens is 2. The van der Waals surface area contributed by atoms with E-state index in [-0.39, 0.29) is 12.6 Å². The Balaban J connectivity index is 1.67. The summed E-state index contributed by atoms with van der Waals surface area (Å²) >= 11 is 0. The molecule has 0 amide bonds. The van der Waals surface area contributed by atoms with Gasteiger partial charge in [0.15, 0.2) is 5.65 Å². The van der Waals surface area contributed by atoms with Crippen molar-refractivity contribution in [3.05, 3.63) is 66.3 Å². The van der Waals surface area contributed by atoms with Crippen molar-refractivity contribution in [1.29, 1.82) is 0 Å². The predicted octanol–water partition coefficient (Wildman–Crippen LogP) is 3.51. The fraction of sp³-hybridized carbons (Fsp3) is 0.143. The van der Waals surface area contributed by atoms with Crippen molar-refractivity contribution < 1.29 is 18.3 Å². The van der Waals surface area contributed by atoms with Gasteiger partial charge in [-0.25, -0.2) is 18.7 Å². The molecule has 5 aromatic rings. The molecule has 0 saturated carbocycles. The van der Waals surface area contributed by atoms with Crippen LogP contribution in [0, 0.1) is 11.6 Å². The molecule has 156 valence electrons. The van der Waals surface area contributed by atoms with Crippen molar-refractivity contribution in [2.24, 2.45) is 0 Å². The summed E-state index contributed by atoms with van der Waals surface area (Å²) in [7, 11) is 3.02. The van der Waals surface area contributed by atoms with Crippen molar-refractivity contribution in [2.45, 2.75) is 6.54 Å². The van der Waals surface area contributed by atoms with Crippen LogP contribution in [0.4, 0.5) is 8.78 Å². The van der Waals surface area contributed by atoms with Crippen LogP contribution in [0.1, 0.15) is 5.56 Å². The van der Waals surface area contributed by atoms with E-state index >= 15 is 0 Å². The Hall–Kier alpha value is -4.08. The van der Waals surface area contributed by atoms with Crippen LogP contribution >= 0.6 is 0 Å². The molecule has 31 heavy (non-hydrogen) atoms. The number of pyridine rings is 1. The van der Waals surface area contributed by atoms with E-state index in [1.165, 1.54) is 25.6 Å². The molecule has 0 aliphatic heterocycles. The number of aromatic nitrogens is 6. The Morgan fingerprint density at radius 1 is 0.968 bits per heavy atom. The fourth-order valence-electron chi connectivity index (χ4n) is 3.61. The number of hydrogen-bond donors (Lipinski definition) is 0. The molecule has 4 heterocycles. The molecule has 0 spiro atoms. The summed E-state index contributed by atoms with van der Waals surface area (Å²) in [4.78, 5) is 17.3. The van der Waals surface area contributed by atoms with Crippen LogP contribution in [-0.2, 0) is 6.54 Å². The van der Waals surface area contributed by atoms with Crippen molar-refractivity contribution in [3.8, 4) is 17.6 Å². The minimum Gasteiger partial charge on any atom is -0.479 e. The molecule has 0 bridgehead atoms. The summed E-state index contributed by atoms with van der Waals surface area (Å²) < 4.78 is 41.7. The number of ether oxygens (including phenoxy) is 2. The number of imidazole rings is 1. The lowest BCUT2D eigenvalue weighted by molar-refractivity contribution is 0.364. The predicted molar refractivity (Wildman–Crippen MR) is 109 cm³/mol. The summed E-state index contributed by atoms with van der Waals surface area (Å²) in [5, 5.41) is 0. The largest absolute Gasteiger partial charge is 0.479 e. The highest BCUT2D eigenvalue weighted by molar-refractivity contribution is 5.83. The molecule has 0 atom stereocenters. The van der Waals surface area contributed by atoms with Gasteiger partial charge in [0.25, 0.3) is 6.01 Å². The Morgan fingerprint density at radius 2 is 1.77 bits per heavy atom. The van der Waals surface area contributed by atoms with Crippen molar-refractivity contribution in [1.82, 2.24) is 29.1 Å². The first-order chi connectivity index (χ1) is 15.1. The molecule has 0 aliphatic rings. The Labute approximate surface area is 174 Å². The van der Waals surface area contributed by atoms with E-state index in [2.05, 4.69) is 19.9 Å². The third-order valence-corrected chi connectivity index (χ3v) is 4.91. The van der Waals surface area contributed by atoms with Gasteiger partial charge in [-0.15, -0.1) is 0 Å². The van der Waals surface area contributed by atoms with Gasteiger partial charge in [0.05, 0.1) is 43.7 Å². The molecule has 1 aromatic carbocycles. The van der Waals surface area contributed by atoms with Crippen LogP contribution in [0.2, 0.25) is 0 Å². The van der Waals surface area contributed by atoms with Gasteiger partial charge in [0.1, 0.15) is 23.5 Å². The molecule has 0 fully saturated rings. The maximum absolute atomic E-state index is 13.7. The van der Waals surface area contributed by atoms with Crippen LogP contribution in [0.3, 0.4) is 0 Å². The van der Waals surface area contributed by atoms with E-state index in [0.29, 0.717) is 39.3 Å². The van der Waals surface area contributed by atoms with Gasteiger partial charge in [-0.1, -0.05) is 0 Å². The average Bonchev–Trinajstić information content (AvgIpc) is 3.34. The zero-order valence-corrected chi connectivity index (χ0v) is 16.6. The molecule has 10 heteroatoms. The third kappa shape index (κ3) is 3.21. The first kappa shape index (κ1) is 18.9. The minimum atomic E-state index is -0.650. The van der Waals surface area contributed by atoms with Gasteiger partial charge in [-0.2, -0.15) is 9.97 Å². The lowest BCUT2D eigenvalue weighted by atomic mass is 10.2. The SMILES string of the molecule is COc1ncnc2ccn(-c3cnc4nc(OC)n(Cc5cc(F)cc(F)c5)c4c3)c12. The van der Waals surface area contributed by atoms with Crippen LogP contribution in [0.15, 0.2) is 49.1 Å². The monoisotopic (exact) mass is 422 g/mol. The maximum atomic E-state index is 13.7. The lowest BCUT2D eigenvalue weighted by Crippen LogP contribution is -2.04. The van der Waals surface area contributed by atoms with Gasteiger partial charge in [0, 0.05) is 12.3 Å². The van der Waals surface area contributed by atoms with Gasteiger partial charge < -0.3 is 14.0 Å². The van der Waals surface area contributed by atoms with Gasteiger partial charge >= 0.3 is 0 Å². The van der Waals surface area contributed by atoms with E-state index < -0.39 is 11.6 Å². The van der Waals surface area contributed by atoms with Crippen molar-refractivity contribution in [3.63, 3.8) is 0 Å². The number of fused-ring (bicyclic) bond motifs is 2. The summed E-state index contributed by atoms with van der Waals surface area (Å²) in [5.41, 5.74) is 3.63. The van der Waals surface area contributed by atoms with Gasteiger partial charge in [-0.05, 0) is 29.8 Å². The van der Waals surface area contributed by atoms with E-state index in [9.17, 15) is 8.78 Å². The zero-order valence-electron chi connectivity index (χ0n) is 16.6. The van der Waals surface area contributed by atoms with E-state index in [1.807, 2.05) is 22.9 Å². The smallest absolute Gasteiger partial charge is 0.298 e. The molecule has 4 aromatic heterocycles. The molecule has 5 rings (SSSR count). The molecular formula is C21H16F2N6O2. The second kappa shape index (κ2) is 7.31. The summed E-state index contributed by atoms with van der Waals surface area (Å²) in [5.74, 6) is -0.873. The number of methoxy groups -OCH3 is 2. The van der Waals surface area contributed by atoms with Gasteiger partial charge in [-0.3, -0.25) is 4.57 Å². The molecule has 8 nitrogen and oxygen atoms in total. The summed E-state index contributed by atoms with van der Waals surface area (Å²) in [6, 6.07) is 7.36. The normalized spacial score (nSPS) is 11.4. The highest BCUT2D eigenvalue weighted by Crippen LogP contribution is 2.28. The first-order valence-corrected chi connectivity index (χ1v) is 9.29. The maximum Gasteiger partial charge on any atom is 0.298 e. The Kier molecular flexibility index (Phi) is 4.46. The highest BCUT2D eigenvalue weighted by Gasteiger charge is 2.17.